The van der Waals surface area contributed by atoms with Crippen molar-refractivity contribution >= 4 is 33.3 Å². The number of esters is 1. The molecular weight excluding hydrogens is 456 g/mol. The molecule has 0 amide bonds. The van der Waals surface area contributed by atoms with Gasteiger partial charge in [-0.1, -0.05) is 41.4 Å². The van der Waals surface area contributed by atoms with E-state index in [9.17, 15) is 23.3 Å². The molecule has 0 spiro atoms. The summed E-state index contributed by atoms with van der Waals surface area (Å²) in [5.74, 6) is -0.742. The van der Waals surface area contributed by atoms with E-state index in [1.807, 2.05) is 6.92 Å². The zero-order chi connectivity index (χ0) is 23.3. The monoisotopic (exact) mass is 474 g/mol. The highest BCUT2D eigenvalue weighted by atomic mass is 35.5. The zero-order valence-electron chi connectivity index (χ0n) is 16.9. The van der Waals surface area contributed by atoms with Crippen molar-refractivity contribution in [2.24, 2.45) is 0 Å². The summed E-state index contributed by atoms with van der Waals surface area (Å²) in [6.07, 6.45) is 0. The minimum atomic E-state index is -3.91. The topological polar surface area (TPSA) is 116 Å². The summed E-state index contributed by atoms with van der Waals surface area (Å²) in [5.41, 5.74) is 1.40. The molecule has 0 aliphatic rings. The molecule has 0 radical (unpaired) electrons. The molecule has 1 atom stereocenters. The predicted molar refractivity (Wildman–Crippen MR) is 119 cm³/mol. The molecule has 0 aliphatic heterocycles. The molecule has 3 aromatic rings. The first-order valence-corrected chi connectivity index (χ1v) is 11.3. The summed E-state index contributed by atoms with van der Waals surface area (Å²) >= 11 is 5.93. The van der Waals surface area contributed by atoms with Crippen molar-refractivity contribution in [2.75, 3.05) is 6.61 Å². The summed E-state index contributed by atoms with van der Waals surface area (Å²) in [6.45, 7) is 1.54. The van der Waals surface area contributed by atoms with Crippen LogP contribution in [0.3, 0.4) is 0 Å². The number of halogens is 1. The molecule has 0 heterocycles. The number of hydrogen-bond acceptors (Lipinski definition) is 6. The van der Waals surface area contributed by atoms with E-state index in [1.165, 1.54) is 36.4 Å². The van der Waals surface area contributed by atoms with Crippen LogP contribution in [0, 0.1) is 17.0 Å². The molecule has 0 fully saturated rings. The highest BCUT2D eigenvalue weighted by Gasteiger charge is 2.23. The number of hydrogen-bond donors (Lipinski definition) is 1. The fraction of sp³-hybridized carbons (Fsp3) is 0.136. The van der Waals surface area contributed by atoms with Crippen molar-refractivity contribution in [3.8, 4) is 0 Å². The van der Waals surface area contributed by atoms with Crippen LogP contribution in [0.5, 0.6) is 0 Å². The third-order valence-corrected chi connectivity index (χ3v) is 6.34. The number of nitro benzene ring substituents is 1. The lowest BCUT2D eigenvalue weighted by Crippen LogP contribution is -2.32. The summed E-state index contributed by atoms with van der Waals surface area (Å²) in [6, 6.07) is 16.8. The molecule has 1 unspecified atom stereocenters. The van der Waals surface area contributed by atoms with Crippen LogP contribution in [0.15, 0.2) is 77.7 Å². The molecule has 3 rings (SSSR count). The zero-order valence-corrected chi connectivity index (χ0v) is 18.5. The van der Waals surface area contributed by atoms with Crippen molar-refractivity contribution in [3.05, 3.63) is 105 Å². The van der Waals surface area contributed by atoms with E-state index in [2.05, 4.69) is 4.72 Å². The number of sulfonamides is 1. The first-order chi connectivity index (χ1) is 15.2. The average Bonchev–Trinajstić information content (AvgIpc) is 2.77. The van der Waals surface area contributed by atoms with Gasteiger partial charge in [-0.05, 0) is 48.9 Å². The minimum absolute atomic E-state index is 0.0729. The molecule has 0 saturated carbocycles. The van der Waals surface area contributed by atoms with Gasteiger partial charge in [0.05, 0.1) is 21.4 Å². The predicted octanol–water partition coefficient (Wildman–Crippen LogP) is 4.43. The van der Waals surface area contributed by atoms with Crippen LogP contribution in [0.4, 0.5) is 5.69 Å². The number of benzene rings is 3. The SMILES string of the molecule is Cc1ccc(S(=O)(=O)NC(COC(=O)c2ccc([N+](=O)[O-])cc2)c2ccc(Cl)cc2)cc1. The molecule has 32 heavy (non-hydrogen) atoms. The van der Waals surface area contributed by atoms with Crippen LogP contribution >= 0.6 is 11.6 Å². The Labute approximate surface area is 190 Å². The van der Waals surface area contributed by atoms with Crippen molar-refractivity contribution in [1.82, 2.24) is 4.72 Å². The molecule has 0 saturated heterocycles. The van der Waals surface area contributed by atoms with E-state index in [1.54, 1.807) is 36.4 Å². The Hall–Kier alpha value is -3.27. The number of nitrogens with zero attached hydrogens (tertiary/aromatic N) is 1. The van der Waals surface area contributed by atoms with Gasteiger partial charge in [0.1, 0.15) is 6.61 Å². The average molecular weight is 475 g/mol. The highest BCUT2D eigenvalue weighted by molar-refractivity contribution is 7.89. The van der Waals surface area contributed by atoms with E-state index < -0.39 is 27.0 Å². The van der Waals surface area contributed by atoms with Gasteiger partial charge in [-0.3, -0.25) is 10.1 Å². The van der Waals surface area contributed by atoms with Gasteiger partial charge in [0, 0.05) is 17.2 Å². The Bertz CT molecular complexity index is 1210. The lowest BCUT2D eigenvalue weighted by Gasteiger charge is -2.19. The molecule has 3 aromatic carbocycles. The van der Waals surface area contributed by atoms with Crippen LogP contribution in [-0.4, -0.2) is 25.9 Å². The number of nitrogens with one attached hydrogen (secondary N) is 1. The minimum Gasteiger partial charge on any atom is -0.460 e. The van der Waals surface area contributed by atoms with Crippen LogP contribution in [0.1, 0.15) is 27.5 Å². The Morgan fingerprint density at radius 2 is 1.62 bits per heavy atom. The van der Waals surface area contributed by atoms with Crippen molar-refractivity contribution in [3.63, 3.8) is 0 Å². The van der Waals surface area contributed by atoms with E-state index in [0.29, 0.717) is 10.6 Å². The van der Waals surface area contributed by atoms with E-state index in [-0.39, 0.29) is 22.8 Å². The summed E-state index contributed by atoms with van der Waals surface area (Å²) in [4.78, 5) is 22.7. The van der Waals surface area contributed by atoms with Gasteiger partial charge >= 0.3 is 5.97 Å². The molecule has 0 bridgehead atoms. The Morgan fingerprint density at radius 3 is 2.19 bits per heavy atom. The lowest BCUT2D eigenvalue weighted by atomic mass is 10.1. The van der Waals surface area contributed by atoms with E-state index in [4.69, 9.17) is 16.3 Å². The number of rotatable bonds is 8. The van der Waals surface area contributed by atoms with Crippen molar-refractivity contribution in [2.45, 2.75) is 17.9 Å². The van der Waals surface area contributed by atoms with Crippen LogP contribution in [0.25, 0.3) is 0 Å². The maximum Gasteiger partial charge on any atom is 0.338 e. The summed E-state index contributed by atoms with van der Waals surface area (Å²) in [7, 11) is -3.91. The fourth-order valence-corrected chi connectivity index (χ4v) is 4.16. The van der Waals surface area contributed by atoms with Crippen molar-refractivity contribution in [1.29, 1.82) is 0 Å². The second-order valence-corrected chi connectivity index (χ2v) is 9.09. The van der Waals surface area contributed by atoms with Crippen molar-refractivity contribution < 1.29 is 22.9 Å². The molecule has 166 valence electrons. The molecular formula is C22H19ClN2O6S. The normalized spacial score (nSPS) is 12.2. The first kappa shape index (κ1) is 23.4. The van der Waals surface area contributed by atoms with Crippen LogP contribution in [-0.2, 0) is 14.8 Å². The van der Waals surface area contributed by atoms with Gasteiger partial charge in [0.15, 0.2) is 0 Å². The Balaban J connectivity index is 1.80. The molecule has 1 N–H and O–H groups in total. The number of nitro groups is 1. The largest absolute Gasteiger partial charge is 0.460 e. The lowest BCUT2D eigenvalue weighted by molar-refractivity contribution is -0.384. The van der Waals surface area contributed by atoms with Gasteiger partial charge in [-0.25, -0.2) is 17.9 Å². The molecule has 8 nitrogen and oxygen atoms in total. The second-order valence-electron chi connectivity index (χ2n) is 6.94. The Kier molecular flexibility index (Phi) is 7.24. The van der Waals surface area contributed by atoms with Gasteiger partial charge in [-0.2, -0.15) is 0 Å². The maximum atomic E-state index is 12.9. The summed E-state index contributed by atoms with van der Waals surface area (Å²) < 4.78 is 33.6. The van der Waals surface area contributed by atoms with E-state index in [0.717, 1.165) is 5.56 Å². The third-order valence-electron chi connectivity index (χ3n) is 4.60. The molecule has 10 heteroatoms. The van der Waals surface area contributed by atoms with E-state index >= 15 is 0 Å². The fourth-order valence-electron chi connectivity index (χ4n) is 2.83. The number of aryl methyl sites for hydroxylation is 1. The third kappa shape index (κ3) is 5.91. The maximum absolute atomic E-state index is 12.9. The van der Waals surface area contributed by atoms with Gasteiger partial charge < -0.3 is 4.74 Å². The molecule has 0 aliphatic carbocycles. The second kappa shape index (κ2) is 9.90. The van der Waals surface area contributed by atoms with Gasteiger partial charge in [0.25, 0.3) is 5.69 Å². The van der Waals surface area contributed by atoms with Crippen LogP contribution in [0.2, 0.25) is 5.02 Å². The first-order valence-electron chi connectivity index (χ1n) is 9.42. The molecule has 0 aromatic heterocycles. The number of ether oxygens (including phenoxy) is 1. The standard InChI is InChI=1S/C22H19ClN2O6S/c1-15-2-12-20(13-3-15)32(29,30)24-21(16-4-8-18(23)9-5-16)14-31-22(26)17-6-10-19(11-7-17)25(27)28/h2-13,21,24H,14H2,1H3. The number of carbonyl (C=O) groups excluding carboxylic acids is 1. The van der Waals surface area contributed by atoms with Gasteiger partial charge in [-0.15, -0.1) is 0 Å². The van der Waals surface area contributed by atoms with Crippen LogP contribution < -0.4 is 4.72 Å². The quantitative estimate of drug-likeness (QED) is 0.293. The number of carbonyl (C=O) groups is 1. The smallest absolute Gasteiger partial charge is 0.338 e. The Morgan fingerprint density at radius 1 is 1.03 bits per heavy atom. The highest BCUT2D eigenvalue weighted by Crippen LogP contribution is 2.21. The summed E-state index contributed by atoms with van der Waals surface area (Å²) in [5, 5.41) is 11.2. The van der Waals surface area contributed by atoms with Gasteiger partial charge in [0.2, 0.25) is 10.0 Å². The number of non-ortho nitro benzene ring substituents is 1.